The zero-order valence-electron chi connectivity index (χ0n) is 16.4. The van der Waals surface area contributed by atoms with Gasteiger partial charge in [-0.05, 0) is 25.5 Å². The van der Waals surface area contributed by atoms with Crippen molar-refractivity contribution in [1.82, 2.24) is 14.6 Å². The van der Waals surface area contributed by atoms with Crippen LogP contribution in [-0.2, 0) is 20.5 Å². The zero-order valence-corrected chi connectivity index (χ0v) is 17.2. The topological polar surface area (TPSA) is 83.9 Å². The number of pyridine rings is 1. The first kappa shape index (κ1) is 20.9. The van der Waals surface area contributed by atoms with Gasteiger partial charge in [-0.2, -0.15) is 0 Å². The van der Waals surface area contributed by atoms with Crippen molar-refractivity contribution in [2.45, 2.75) is 37.6 Å². The number of halogens is 3. The van der Waals surface area contributed by atoms with E-state index in [1.54, 1.807) is 17.9 Å². The third kappa shape index (κ3) is 3.95. The summed E-state index contributed by atoms with van der Waals surface area (Å²) in [5.41, 5.74) is -0.156. The lowest BCUT2D eigenvalue weighted by Crippen LogP contribution is -2.41. The van der Waals surface area contributed by atoms with Gasteiger partial charge in [0.1, 0.15) is 23.7 Å². The fraction of sp³-hybridized carbons (Fsp3) is 0.474. The maximum absolute atomic E-state index is 14.3. The van der Waals surface area contributed by atoms with Gasteiger partial charge < -0.3 is 9.74 Å². The molecule has 3 aliphatic rings. The largest absolute Gasteiger partial charge is 0.381 e. The number of rotatable bonds is 4. The van der Waals surface area contributed by atoms with Crippen LogP contribution in [0.2, 0.25) is 0 Å². The van der Waals surface area contributed by atoms with Crippen LogP contribution in [0.5, 0.6) is 0 Å². The van der Waals surface area contributed by atoms with Gasteiger partial charge in [0.25, 0.3) is 0 Å². The van der Waals surface area contributed by atoms with E-state index in [1.807, 2.05) is 0 Å². The number of allylic oxidation sites excluding steroid dienone is 4. The Labute approximate surface area is 172 Å². The van der Waals surface area contributed by atoms with Gasteiger partial charge in [0.05, 0.1) is 37.2 Å². The van der Waals surface area contributed by atoms with E-state index in [0.717, 1.165) is 12.5 Å². The molecule has 11 heteroatoms. The van der Waals surface area contributed by atoms with Crippen LogP contribution in [0.4, 0.5) is 13.2 Å². The second-order valence-corrected chi connectivity index (χ2v) is 9.69. The molecule has 1 aromatic rings. The molecule has 3 heterocycles. The normalized spacial score (nSPS) is 29.0. The van der Waals surface area contributed by atoms with E-state index < -0.39 is 39.5 Å². The van der Waals surface area contributed by atoms with Gasteiger partial charge in [0, 0.05) is 17.7 Å². The monoisotopic (exact) mass is 442 g/mol. The summed E-state index contributed by atoms with van der Waals surface area (Å²) in [7, 11) is -3.56. The lowest BCUT2D eigenvalue weighted by molar-refractivity contribution is -0.0111. The predicted octanol–water partition coefficient (Wildman–Crippen LogP) is 2.38. The van der Waals surface area contributed by atoms with Crippen LogP contribution in [0.25, 0.3) is 5.57 Å². The summed E-state index contributed by atoms with van der Waals surface area (Å²) in [6.07, 6.45) is 4.07. The third-order valence-corrected chi connectivity index (χ3v) is 6.11. The number of aromatic nitrogens is 1. The lowest BCUT2D eigenvalue weighted by atomic mass is 9.89. The molecule has 0 amide bonds. The summed E-state index contributed by atoms with van der Waals surface area (Å²) in [5, 5.41) is 4.06. The first-order chi connectivity index (χ1) is 14.1. The molecule has 3 atom stereocenters. The van der Waals surface area contributed by atoms with Crippen LogP contribution in [0.15, 0.2) is 35.4 Å². The lowest BCUT2D eigenvalue weighted by Gasteiger charge is -2.25. The number of oxime groups is 1. The van der Waals surface area contributed by atoms with Crippen molar-refractivity contribution in [2.24, 2.45) is 5.16 Å². The van der Waals surface area contributed by atoms with Crippen LogP contribution in [0.3, 0.4) is 0 Å². The molecule has 1 aromatic heterocycles. The van der Waals surface area contributed by atoms with E-state index in [-0.39, 0.29) is 19.5 Å². The summed E-state index contributed by atoms with van der Waals surface area (Å²) in [4.78, 5) is 11.4. The maximum Gasteiger partial charge on any atom is 0.209 e. The molecule has 0 spiro atoms. The Balaban J connectivity index is 1.56. The molecule has 1 aliphatic carbocycles. The Morgan fingerprint density at radius 2 is 2.10 bits per heavy atom. The first-order valence-corrected chi connectivity index (χ1v) is 11.3. The highest BCUT2D eigenvalue weighted by atomic mass is 32.2. The molecule has 162 valence electrons. The van der Waals surface area contributed by atoms with Crippen molar-refractivity contribution >= 4 is 21.4 Å². The molecule has 7 nitrogen and oxygen atoms in total. The Kier molecular flexibility index (Phi) is 5.13. The number of alkyl halides is 1. The molecule has 1 N–H and O–H groups in total. The Morgan fingerprint density at radius 3 is 2.77 bits per heavy atom. The fourth-order valence-corrected chi connectivity index (χ4v) is 4.76. The SMILES string of the molecule is CC1(c2ncc(F)cc2C2=C(F)C=CC2)CC(N2C[C@H](F)[C@H](NS(C)(=O)=O)C2)=NO1. The van der Waals surface area contributed by atoms with Crippen molar-refractivity contribution < 1.29 is 26.4 Å². The van der Waals surface area contributed by atoms with Crippen LogP contribution in [-0.4, -0.2) is 55.7 Å². The molecule has 1 unspecified atom stereocenters. The van der Waals surface area contributed by atoms with E-state index in [4.69, 9.17) is 4.84 Å². The van der Waals surface area contributed by atoms with Crippen LogP contribution in [0, 0.1) is 5.82 Å². The number of hydrogen-bond acceptors (Lipinski definition) is 6. The van der Waals surface area contributed by atoms with Crippen molar-refractivity contribution in [3.05, 3.63) is 47.3 Å². The van der Waals surface area contributed by atoms with Gasteiger partial charge in [-0.15, -0.1) is 0 Å². The molecule has 1 fully saturated rings. The molecule has 30 heavy (non-hydrogen) atoms. The highest BCUT2D eigenvalue weighted by Crippen LogP contribution is 2.41. The van der Waals surface area contributed by atoms with Gasteiger partial charge in [-0.25, -0.2) is 26.3 Å². The summed E-state index contributed by atoms with van der Waals surface area (Å²) >= 11 is 0. The van der Waals surface area contributed by atoms with E-state index >= 15 is 0 Å². The minimum Gasteiger partial charge on any atom is -0.381 e. The van der Waals surface area contributed by atoms with E-state index in [9.17, 15) is 21.6 Å². The smallest absolute Gasteiger partial charge is 0.209 e. The molecule has 2 aliphatic heterocycles. The number of hydrogen-bond donors (Lipinski definition) is 1. The minimum absolute atomic E-state index is 0.0428. The second kappa shape index (κ2) is 7.38. The molecule has 4 rings (SSSR count). The average Bonchev–Trinajstić information content (AvgIpc) is 3.34. The van der Waals surface area contributed by atoms with Crippen molar-refractivity contribution in [3.63, 3.8) is 0 Å². The maximum atomic E-state index is 14.3. The van der Waals surface area contributed by atoms with Gasteiger partial charge in [-0.1, -0.05) is 11.2 Å². The van der Waals surface area contributed by atoms with Crippen LogP contribution in [0.1, 0.15) is 31.0 Å². The Morgan fingerprint density at radius 1 is 1.33 bits per heavy atom. The van der Waals surface area contributed by atoms with Crippen LogP contribution < -0.4 is 4.72 Å². The molecule has 0 saturated carbocycles. The molecule has 0 bridgehead atoms. The van der Waals surface area contributed by atoms with Gasteiger partial charge in [-0.3, -0.25) is 4.98 Å². The van der Waals surface area contributed by atoms with Crippen molar-refractivity contribution in [3.8, 4) is 0 Å². The Bertz CT molecular complexity index is 1070. The molecule has 0 radical (unpaired) electrons. The van der Waals surface area contributed by atoms with Crippen molar-refractivity contribution in [2.75, 3.05) is 19.3 Å². The van der Waals surface area contributed by atoms with Crippen molar-refractivity contribution in [1.29, 1.82) is 0 Å². The molecule has 1 saturated heterocycles. The van der Waals surface area contributed by atoms with Gasteiger partial charge in [0.2, 0.25) is 10.0 Å². The Hall–Kier alpha value is -2.40. The van der Waals surface area contributed by atoms with E-state index in [1.165, 1.54) is 12.1 Å². The number of amidine groups is 1. The summed E-state index contributed by atoms with van der Waals surface area (Å²) < 4.78 is 67.6. The average molecular weight is 442 g/mol. The fourth-order valence-electron chi connectivity index (χ4n) is 3.98. The minimum atomic E-state index is -3.56. The summed E-state index contributed by atoms with van der Waals surface area (Å²) in [6, 6.07) is 0.328. The van der Waals surface area contributed by atoms with Crippen LogP contribution >= 0.6 is 0 Å². The van der Waals surface area contributed by atoms with E-state index in [0.29, 0.717) is 29.1 Å². The molecular formula is C19H21F3N4O3S. The highest BCUT2D eigenvalue weighted by Gasteiger charge is 2.45. The number of nitrogens with zero attached hydrogens (tertiary/aromatic N) is 3. The summed E-state index contributed by atoms with van der Waals surface area (Å²) in [5.74, 6) is -0.631. The van der Waals surface area contributed by atoms with E-state index in [2.05, 4.69) is 14.9 Å². The quantitative estimate of drug-likeness (QED) is 0.774. The molecule has 0 aromatic carbocycles. The highest BCUT2D eigenvalue weighted by molar-refractivity contribution is 7.88. The number of likely N-dealkylation sites (tertiary alicyclic amines) is 1. The third-order valence-electron chi connectivity index (χ3n) is 5.38. The second-order valence-electron chi connectivity index (χ2n) is 7.91. The number of sulfonamides is 1. The van der Waals surface area contributed by atoms with Gasteiger partial charge >= 0.3 is 0 Å². The number of nitrogens with one attached hydrogen (secondary N) is 1. The first-order valence-electron chi connectivity index (χ1n) is 9.39. The summed E-state index contributed by atoms with van der Waals surface area (Å²) in [6.45, 7) is 1.75. The molecular weight excluding hydrogens is 421 g/mol. The predicted molar refractivity (Wildman–Crippen MR) is 105 cm³/mol. The standard InChI is InChI=1S/C19H21F3N4O3S/c1-19(18-13(6-11(20)8-23-18)12-4-3-5-14(12)21)7-17(24-29-19)26-9-15(22)16(10-26)25-30(2,27)28/h3,5-6,8,15-16,25H,4,7,9-10H2,1-2H3/t15-,16+,19?/m0/s1. The zero-order chi connectivity index (χ0) is 21.7. The van der Waals surface area contributed by atoms with Gasteiger partial charge in [0.15, 0.2) is 5.60 Å².